The van der Waals surface area contributed by atoms with Gasteiger partial charge in [0.1, 0.15) is 0 Å². The van der Waals surface area contributed by atoms with Gasteiger partial charge in [0.15, 0.2) is 0 Å². The van der Waals surface area contributed by atoms with Gasteiger partial charge in [-0.1, -0.05) is 32.4 Å². The van der Waals surface area contributed by atoms with Gasteiger partial charge in [0.25, 0.3) is 0 Å². The van der Waals surface area contributed by atoms with Crippen LogP contribution in [0.4, 0.5) is 5.69 Å². The SMILES string of the molecule is CCCC(C)c1ccc(N(CC)CC)cc1. The molecule has 1 heteroatoms. The zero-order chi connectivity index (χ0) is 12.0. The maximum absolute atomic E-state index is 2.38. The number of hydrogen-bond donors (Lipinski definition) is 0. The molecule has 0 aromatic heterocycles. The molecule has 1 aromatic rings. The Hall–Kier alpha value is -0.980. The summed E-state index contributed by atoms with van der Waals surface area (Å²) in [5, 5.41) is 0. The summed E-state index contributed by atoms with van der Waals surface area (Å²) in [6.07, 6.45) is 2.55. The summed E-state index contributed by atoms with van der Waals surface area (Å²) in [6.45, 7) is 11.1. The van der Waals surface area contributed by atoms with Crippen LogP contribution < -0.4 is 4.90 Å². The lowest BCUT2D eigenvalue weighted by Crippen LogP contribution is -2.21. The number of hydrogen-bond acceptors (Lipinski definition) is 1. The minimum absolute atomic E-state index is 0.691. The third kappa shape index (κ3) is 3.26. The van der Waals surface area contributed by atoms with Gasteiger partial charge in [-0.15, -0.1) is 0 Å². The average Bonchev–Trinajstić information content (AvgIpc) is 2.32. The van der Waals surface area contributed by atoms with Crippen molar-refractivity contribution in [2.24, 2.45) is 0 Å². The fraction of sp³-hybridized carbons (Fsp3) is 0.600. The fourth-order valence-electron chi connectivity index (χ4n) is 2.20. The number of benzene rings is 1. The molecule has 90 valence electrons. The topological polar surface area (TPSA) is 3.24 Å². The predicted molar refractivity (Wildman–Crippen MR) is 73.3 cm³/mol. The summed E-state index contributed by atoms with van der Waals surface area (Å²) in [5.74, 6) is 0.691. The van der Waals surface area contributed by atoms with Crippen LogP contribution in [-0.2, 0) is 0 Å². The molecule has 0 amide bonds. The maximum Gasteiger partial charge on any atom is 0.0366 e. The number of rotatable bonds is 6. The highest BCUT2D eigenvalue weighted by molar-refractivity contribution is 5.47. The zero-order valence-electron chi connectivity index (χ0n) is 11.2. The summed E-state index contributed by atoms with van der Waals surface area (Å²) in [5.41, 5.74) is 2.82. The van der Waals surface area contributed by atoms with Gasteiger partial charge in [0.2, 0.25) is 0 Å². The third-order valence-electron chi connectivity index (χ3n) is 3.31. The van der Waals surface area contributed by atoms with Crippen molar-refractivity contribution in [3.8, 4) is 0 Å². The molecule has 1 unspecified atom stereocenters. The Labute approximate surface area is 100 Å². The van der Waals surface area contributed by atoms with Crippen molar-refractivity contribution >= 4 is 5.69 Å². The molecule has 0 radical (unpaired) electrons. The van der Waals surface area contributed by atoms with E-state index in [9.17, 15) is 0 Å². The summed E-state index contributed by atoms with van der Waals surface area (Å²) in [6, 6.07) is 9.09. The van der Waals surface area contributed by atoms with Gasteiger partial charge < -0.3 is 4.90 Å². The first kappa shape index (κ1) is 13.1. The molecule has 0 aliphatic rings. The minimum Gasteiger partial charge on any atom is -0.372 e. The molecule has 1 atom stereocenters. The first-order valence-electron chi connectivity index (χ1n) is 6.57. The van der Waals surface area contributed by atoms with Gasteiger partial charge in [-0.2, -0.15) is 0 Å². The summed E-state index contributed by atoms with van der Waals surface area (Å²) in [4.78, 5) is 2.38. The fourth-order valence-corrected chi connectivity index (χ4v) is 2.20. The second-order valence-electron chi connectivity index (χ2n) is 4.45. The maximum atomic E-state index is 2.38. The van der Waals surface area contributed by atoms with Gasteiger partial charge in [0, 0.05) is 18.8 Å². The highest BCUT2D eigenvalue weighted by atomic mass is 15.1. The van der Waals surface area contributed by atoms with Crippen LogP contribution in [0.3, 0.4) is 0 Å². The van der Waals surface area contributed by atoms with E-state index < -0.39 is 0 Å². The lowest BCUT2D eigenvalue weighted by molar-refractivity contribution is 0.665. The van der Waals surface area contributed by atoms with E-state index in [0.29, 0.717) is 5.92 Å². The molecule has 0 saturated heterocycles. The molecule has 0 heterocycles. The largest absolute Gasteiger partial charge is 0.372 e. The second-order valence-corrected chi connectivity index (χ2v) is 4.45. The summed E-state index contributed by atoms with van der Waals surface area (Å²) < 4.78 is 0. The smallest absolute Gasteiger partial charge is 0.0366 e. The van der Waals surface area contributed by atoms with E-state index in [1.807, 2.05) is 0 Å². The van der Waals surface area contributed by atoms with Crippen LogP contribution in [0.1, 0.15) is 52.0 Å². The van der Waals surface area contributed by atoms with E-state index in [-0.39, 0.29) is 0 Å². The first-order valence-corrected chi connectivity index (χ1v) is 6.57. The van der Waals surface area contributed by atoms with Crippen LogP contribution in [0.15, 0.2) is 24.3 Å². The van der Waals surface area contributed by atoms with Gasteiger partial charge in [-0.3, -0.25) is 0 Å². The quantitative estimate of drug-likeness (QED) is 0.684. The van der Waals surface area contributed by atoms with Crippen LogP contribution in [0.2, 0.25) is 0 Å². The lowest BCUT2D eigenvalue weighted by atomic mass is 9.96. The number of anilines is 1. The summed E-state index contributed by atoms with van der Waals surface area (Å²) >= 11 is 0. The van der Waals surface area contributed by atoms with Gasteiger partial charge >= 0.3 is 0 Å². The molecule has 16 heavy (non-hydrogen) atoms. The van der Waals surface area contributed by atoms with Crippen LogP contribution in [0.25, 0.3) is 0 Å². The molecule has 0 fully saturated rings. The van der Waals surface area contributed by atoms with Crippen LogP contribution in [0.5, 0.6) is 0 Å². The lowest BCUT2D eigenvalue weighted by Gasteiger charge is -2.21. The highest BCUT2D eigenvalue weighted by Gasteiger charge is 2.05. The summed E-state index contributed by atoms with van der Waals surface area (Å²) in [7, 11) is 0. The van der Waals surface area contributed by atoms with Crippen LogP contribution in [-0.4, -0.2) is 13.1 Å². The molecule has 0 spiro atoms. The van der Waals surface area contributed by atoms with E-state index in [4.69, 9.17) is 0 Å². The zero-order valence-corrected chi connectivity index (χ0v) is 11.2. The molecular formula is C15H25N. The Morgan fingerprint density at radius 2 is 1.56 bits per heavy atom. The van der Waals surface area contributed by atoms with Crippen molar-refractivity contribution in [3.05, 3.63) is 29.8 Å². The molecular weight excluding hydrogens is 194 g/mol. The third-order valence-corrected chi connectivity index (χ3v) is 3.31. The van der Waals surface area contributed by atoms with Gasteiger partial charge in [0.05, 0.1) is 0 Å². The molecule has 0 N–H and O–H groups in total. The van der Waals surface area contributed by atoms with E-state index >= 15 is 0 Å². The monoisotopic (exact) mass is 219 g/mol. The van der Waals surface area contributed by atoms with Crippen molar-refractivity contribution in [1.29, 1.82) is 0 Å². The Kier molecular flexibility index (Phi) is 5.37. The molecule has 1 nitrogen and oxygen atoms in total. The Morgan fingerprint density at radius 1 is 1.00 bits per heavy atom. The van der Waals surface area contributed by atoms with E-state index in [2.05, 4.69) is 56.9 Å². The average molecular weight is 219 g/mol. The normalized spacial score (nSPS) is 12.5. The van der Waals surface area contributed by atoms with Crippen molar-refractivity contribution < 1.29 is 0 Å². The molecule has 1 rings (SSSR count). The van der Waals surface area contributed by atoms with Crippen molar-refractivity contribution in [3.63, 3.8) is 0 Å². The van der Waals surface area contributed by atoms with Gasteiger partial charge in [-0.05, 0) is 43.9 Å². The Bertz CT molecular complexity index is 285. The highest BCUT2D eigenvalue weighted by Crippen LogP contribution is 2.23. The van der Waals surface area contributed by atoms with Crippen molar-refractivity contribution in [2.45, 2.75) is 46.5 Å². The molecule has 1 aromatic carbocycles. The second kappa shape index (κ2) is 6.57. The Morgan fingerprint density at radius 3 is 2.00 bits per heavy atom. The first-order chi connectivity index (χ1) is 7.72. The van der Waals surface area contributed by atoms with Crippen LogP contribution >= 0.6 is 0 Å². The van der Waals surface area contributed by atoms with E-state index in [1.54, 1.807) is 0 Å². The van der Waals surface area contributed by atoms with E-state index in [1.165, 1.54) is 24.1 Å². The van der Waals surface area contributed by atoms with Crippen molar-refractivity contribution in [1.82, 2.24) is 0 Å². The molecule has 0 saturated carbocycles. The van der Waals surface area contributed by atoms with Crippen molar-refractivity contribution in [2.75, 3.05) is 18.0 Å². The predicted octanol–water partition coefficient (Wildman–Crippen LogP) is 4.44. The molecule has 0 bridgehead atoms. The Balaban J connectivity index is 2.74. The standard InChI is InChI=1S/C15H25N/c1-5-8-13(4)14-9-11-15(12-10-14)16(6-2)7-3/h9-13H,5-8H2,1-4H3. The molecule has 0 aliphatic heterocycles. The van der Waals surface area contributed by atoms with Gasteiger partial charge in [-0.25, -0.2) is 0 Å². The van der Waals surface area contributed by atoms with E-state index in [0.717, 1.165) is 13.1 Å². The molecule has 0 aliphatic carbocycles. The van der Waals surface area contributed by atoms with Crippen LogP contribution in [0, 0.1) is 0 Å². The minimum atomic E-state index is 0.691. The number of nitrogens with zero attached hydrogens (tertiary/aromatic N) is 1.